The normalized spacial score (nSPS) is 11.5. The van der Waals surface area contributed by atoms with E-state index in [1.54, 1.807) is 11.8 Å². The van der Waals surface area contributed by atoms with Crippen LogP contribution in [0.3, 0.4) is 0 Å². The average molecular weight is 331 g/mol. The fourth-order valence-corrected chi connectivity index (χ4v) is 3.35. The van der Waals surface area contributed by atoms with Crippen LogP contribution in [0.5, 0.6) is 0 Å². The van der Waals surface area contributed by atoms with Crippen LogP contribution >= 0.6 is 11.8 Å². The van der Waals surface area contributed by atoms with E-state index in [-0.39, 0.29) is 11.4 Å². The molecule has 0 spiro atoms. The highest BCUT2D eigenvalue weighted by atomic mass is 32.2. The molecule has 0 unspecified atom stereocenters. The molecule has 1 N–H and O–H groups in total. The average Bonchev–Trinajstić information content (AvgIpc) is 2.79. The minimum Gasteiger partial charge on any atom is -0.351 e. The maximum Gasteiger partial charge on any atom is 0.255 e. The first-order valence-corrected chi connectivity index (χ1v) is 8.82. The van der Waals surface area contributed by atoms with Crippen LogP contribution in [0.4, 0.5) is 0 Å². The molecule has 0 fully saturated rings. The fourth-order valence-electron chi connectivity index (χ4n) is 2.56. The largest absolute Gasteiger partial charge is 0.351 e. The van der Waals surface area contributed by atoms with Crippen LogP contribution in [0.15, 0.2) is 35.2 Å². The van der Waals surface area contributed by atoms with E-state index in [0.29, 0.717) is 12.1 Å². The van der Waals surface area contributed by atoms with Gasteiger partial charge in [-0.2, -0.15) is 5.10 Å². The number of rotatable bonds is 5. The lowest BCUT2D eigenvalue weighted by molar-refractivity contribution is 0.0954. The topological polar surface area (TPSA) is 46.9 Å². The summed E-state index contributed by atoms with van der Waals surface area (Å²) in [5, 5.41) is 7.53. The number of thioether (sulfide) groups is 1. The molecule has 2 aromatic rings. The molecular formula is C18H25N3OS. The first-order chi connectivity index (χ1) is 10.8. The zero-order chi connectivity index (χ0) is 17.0. The van der Waals surface area contributed by atoms with Gasteiger partial charge in [-0.1, -0.05) is 18.2 Å². The maximum absolute atomic E-state index is 12.5. The van der Waals surface area contributed by atoms with E-state index in [0.717, 1.165) is 17.1 Å². The second-order valence-electron chi connectivity index (χ2n) is 6.55. The molecule has 0 saturated carbocycles. The number of hydrogen-bond donors (Lipinski definition) is 1. The third-order valence-electron chi connectivity index (χ3n) is 3.55. The number of hydrogen-bond acceptors (Lipinski definition) is 3. The van der Waals surface area contributed by atoms with Gasteiger partial charge in [-0.05, 0) is 46.8 Å². The Morgan fingerprint density at radius 1 is 1.22 bits per heavy atom. The predicted molar refractivity (Wildman–Crippen MR) is 96.2 cm³/mol. The van der Waals surface area contributed by atoms with Gasteiger partial charge >= 0.3 is 0 Å². The molecule has 5 heteroatoms. The molecule has 0 radical (unpaired) electrons. The standard InChI is InChI=1S/C18H25N3OS/c1-13-16(14(2)21(20-13)18(3,4)5)17(22)19-11-12-23-15-9-7-6-8-10-15/h6-10H,11-12H2,1-5H3,(H,19,22). The van der Waals surface area contributed by atoms with Crippen molar-refractivity contribution in [3.8, 4) is 0 Å². The van der Waals surface area contributed by atoms with Gasteiger partial charge in [0.1, 0.15) is 0 Å². The number of amides is 1. The first-order valence-electron chi connectivity index (χ1n) is 7.83. The van der Waals surface area contributed by atoms with Gasteiger partial charge in [-0.25, -0.2) is 0 Å². The second kappa shape index (κ2) is 7.21. The van der Waals surface area contributed by atoms with Crippen LogP contribution in [-0.4, -0.2) is 28.0 Å². The van der Waals surface area contributed by atoms with Gasteiger partial charge in [0.2, 0.25) is 0 Å². The highest BCUT2D eigenvalue weighted by Crippen LogP contribution is 2.21. The lowest BCUT2D eigenvalue weighted by Gasteiger charge is -2.21. The quantitative estimate of drug-likeness (QED) is 0.670. The Hall–Kier alpha value is -1.75. The first kappa shape index (κ1) is 17.6. The van der Waals surface area contributed by atoms with Gasteiger partial charge < -0.3 is 5.32 Å². The molecule has 0 atom stereocenters. The van der Waals surface area contributed by atoms with E-state index in [1.807, 2.05) is 36.7 Å². The zero-order valence-electron chi connectivity index (χ0n) is 14.5. The highest BCUT2D eigenvalue weighted by molar-refractivity contribution is 7.99. The van der Waals surface area contributed by atoms with Crippen LogP contribution in [0.25, 0.3) is 0 Å². The Morgan fingerprint density at radius 2 is 1.87 bits per heavy atom. The van der Waals surface area contributed by atoms with E-state index in [2.05, 4.69) is 43.3 Å². The lowest BCUT2D eigenvalue weighted by atomic mass is 10.1. The number of benzene rings is 1. The molecule has 4 nitrogen and oxygen atoms in total. The molecule has 2 rings (SSSR count). The minimum atomic E-state index is -0.128. The van der Waals surface area contributed by atoms with Crippen molar-refractivity contribution in [3.05, 3.63) is 47.3 Å². The highest BCUT2D eigenvalue weighted by Gasteiger charge is 2.24. The number of nitrogens with zero attached hydrogens (tertiary/aromatic N) is 2. The van der Waals surface area contributed by atoms with Crippen molar-refractivity contribution in [2.75, 3.05) is 12.3 Å². The molecule has 0 saturated heterocycles. The van der Waals surface area contributed by atoms with E-state index in [1.165, 1.54) is 4.90 Å². The van der Waals surface area contributed by atoms with Gasteiger partial charge in [-0.15, -0.1) is 11.8 Å². The van der Waals surface area contributed by atoms with Crippen LogP contribution in [0.2, 0.25) is 0 Å². The van der Waals surface area contributed by atoms with Crippen molar-refractivity contribution in [3.63, 3.8) is 0 Å². The summed E-state index contributed by atoms with van der Waals surface area (Å²) in [7, 11) is 0. The number of nitrogens with one attached hydrogen (secondary N) is 1. The molecule has 0 aliphatic heterocycles. The van der Waals surface area contributed by atoms with E-state index in [9.17, 15) is 4.79 Å². The summed E-state index contributed by atoms with van der Waals surface area (Å²) in [5.74, 6) is 0.811. The van der Waals surface area contributed by atoms with Crippen molar-refractivity contribution >= 4 is 17.7 Å². The molecule has 1 heterocycles. The number of carbonyl (C=O) groups excluding carboxylic acids is 1. The van der Waals surface area contributed by atoms with E-state index in [4.69, 9.17) is 0 Å². The van der Waals surface area contributed by atoms with Crippen molar-refractivity contribution in [2.24, 2.45) is 0 Å². The summed E-state index contributed by atoms with van der Waals surface area (Å²) in [6.45, 7) is 10.7. The molecule has 23 heavy (non-hydrogen) atoms. The van der Waals surface area contributed by atoms with Gasteiger partial charge in [0, 0.05) is 22.9 Å². The second-order valence-corrected chi connectivity index (χ2v) is 7.71. The molecule has 0 aliphatic carbocycles. The molecule has 1 amide bonds. The minimum absolute atomic E-state index is 0.0378. The van der Waals surface area contributed by atoms with Crippen LogP contribution < -0.4 is 5.32 Å². The van der Waals surface area contributed by atoms with E-state index < -0.39 is 0 Å². The van der Waals surface area contributed by atoms with Crippen molar-refractivity contribution in [1.29, 1.82) is 0 Å². The molecular weight excluding hydrogens is 306 g/mol. The summed E-state index contributed by atoms with van der Waals surface area (Å²) in [4.78, 5) is 13.7. The van der Waals surface area contributed by atoms with Crippen LogP contribution in [0, 0.1) is 13.8 Å². The summed E-state index contributed by atoms with van der Waals surface area (Å²) < 4.78 is 1.93. The van der Waals surface area contributed by atoms with E-state index >= 15 is 0 Å². The Kier molecular flexibility index (Phi) is 5.52. The Labute approximate surface area is 142 Å². The lowest BCUT2D eigenvalue weighted by Crippen LogP contribution is -2.28. The van der Waals surface area contributed by atoms with Gasteiger partial charge in [0.25, 0.3) is 5.91 Å². The third-order valence-corrected chi connectivity index (χ3v) is 4.57. The summed E-state index contributed by atoms with van der Waals surface area (Å²) in [5.41, 5.74) is 2.27. The van der Waals surface area contributed by atoms with Crippen LogP contribution in [-0.2, 0) is 5.54 Å². The van der Waals surface area contributed by atoms with Gasteiger partial charge in [0.05, 0.1) is 16.8 Å². The fraction of sp³-hybridized carbons (Fsp3) is 0.444. The molecule has 0 aliphatic rings. The van der Waals surface area contributed by atoms with Crippen LogP contribution in [0.1, 0.15) is 42.5 Å². The third kappa shape index (κ3) is 4.38. The Balaban J connectivity index is 1.95. The van der Waals surface area contributed by atoms with Crippen molar-refractivity contribution < 1.29 is 4.79 Å². The smallest absolute Gasteiger partial charge is 0.255 e. The summed E-state index contributed by atoms with van der Waals surface area (Å²) in [6.07, 6.45) is 0. The molecule has 0 bridgehead atoms. The number of aromatic nitrogens is 2. The zero-order valence-corrected chi connectivity index (χ0v) is 15.3. The van der Waals surface area contributed by atoms with Gasteiger partial charge in [-0.3, -0.25) is 9.48 Å². The number of carbonyl (C=O) groups is 1. The Bertz CT molecular complexity index is 672. The Morgan fingerprint density at radius 3 is 2.43 bits per heavy atom. The maximum atomic E-state index is 12.5. The van der Waals surface area contributed by atoms with Crippen molar-refractivity contribution in [2.45, 2.75) is 45.1 Å². The van der Waals surface area contributed by atoms with Crippen molar-refractivity contribution in [1.82, 2.24) is 15.1 Å². The SMILES string of the molecule is Cc1nn(C(C)(C)C)c(C)c1C(=O)NCCSc1ccccc1. The van der Waals surface area contributed by atoms with Gasteiger partial charge in [0.15, 0.2) is 0 Å². The predicted octanol–water partition coefficient (Wildman–Crippen LogP) is 3.78. The monoisotopic (exact) mass is 331 g/mol. The number of aryl methyl sites for hydroxylation is 1. The molecule has 124 valence electrons. The molecule has 1 aromatic heterocycles. The molecule has 1 aromatic carbocycles. The summed E-state index contributed by atoms with van der Waals surface area (Å²) >= 11 is 1.74. The summed E-state index contributed by atoms with van der Waals surface area (Å²) in [6, 6.07) is 10.2.